The van der Waals surface area contributed by atoms with Gasteiger partial charge in [-0.1, -0.05) is 13.0 Å². The van der Waals surface area contributed by atoms with Crippen LogP contribution >= 0.6 is 0 Å². The van der Waals surface area contributed by atoms with Gasteiger partial charge in [0.25, 0.3) is 5.91 Å². The van der Waals surface area contributed by atoms with Gasteiger partial charge in [0.15, 0.2) is 0 Å². The molecule has 1 aromatic carbocycles. The Morgan fingerprint density at radius 2 is 1.76 bits per heavy atom. The Balaban J connectivity index is 1.95. The van der Waals surface area contributed by atoms with Crippen LogP contribution in [0.4, 0.5) is 0 Å². The summed E-state index contributed by atoms with van der Waals surface area (Å²) in [5.41, 5.74) is 0.609. The first-order chi connectivity index (χ1) is 16.3. The van der Waals surface area contributed by atoms with Crippen molar-refractivity contribution in [3.8, 4) is 11.8 Å². The van der Waals surface area contributed by atoms with Crippen molar-refractivity contribution in [2.24, 2.45) is 5.92 Å². The van der Waals surface area contributed by atoms with Gasteiger partial charge < -0.3 is 28.7 Å². The molecule has 9 nitrogen and oxygen atoms in total. The first kappa shape index (κ1) is 25.9. The van der Waals surface area contributed by atoms with Crippen LogP contribution in [0.3, 0.4) is 0 Å². The summed E-state index contributed by atoms with van der Waals surface area (Å²) in [6.07, 6.45) is 1.25. The average molecular weight is 474 g/mol. The van der Waals surface area contributed by atoms with E-state index in [2.05, 4.69) is 6.07 Å². The van der Waals surface area contributed by atoms with Gasteiger partial charge in [0.1, 0.15) is 17.9 Å². The summed E-state index contributed by atoms with van der Waals surface area (Å²) < 4.78 is 23.6. The van der Waals surface area contributed by atoms with Crippen LogP contribution in [-0.2, 0) is 19.0 Å². The quantitative estimate of drug-likeness (QED) is 0.648. The van der Waals surface area contributed by atoms with Crippen molar-refractivity contribution in [2.45, 2.75) is 50.6 Å². The first-order valence-electron chi connectivity index (χ1n) is 11.7. The zero-order valence-corrected chi connectivity index (χ0v) is 20.7. The van der Waals surface area contributed by atoms with E-state index in [1.807, 2.05) is 0 Å². The molecule has 1 fully saturated rings. The number of benzene rings is 1. The number of fused-ring (bicyclic) bond motifs is 3. The number of para-hydroxylation sites is 1. The lowest BCUT2D eigenvalue weighted by molar-refractivity contribution is -0.154. The van der Waals surface area contributed by atoms with Crippen LogP contribution in [0.1, 0.15) is 42.1 Å². The van der Waals surface area contributed by atoms with Crippen LogP contribution in [-0.4, -0.2) is 94.0 Å². The number of methoxy groups -OCH3 is 2. The van der Waals surface area contributed by atoms with Gasteiger partial charge in [0, 0.05) is 47.8 Å². The zero-order valence-electron chi connectivity index (χ0n) is 20.7. The molecule has 0 saturated carbocycles. The minimum atomic E-state index is -0.515. The fourth-order valence-corrected chi connectivity index (χ4v) is 4.68. The molecule has 34 heavy (non-hydrogen) atoms. The van der Waals surface area contributed by atoms with Gasteiger partial charge in [-0.05, 0) is 25.0 Å². The van der Waals surface area contributed by atoms with Gasteiger partial charge in [-0.25, -0.2) is 0 Å². The molecule has 5 atom stereocenters. The normalized spacial score (nSPS) is 29.2. The predicted molar refractivity (Wildman–Crippen MR) is 125 cm³/mol. The van der Waals surface area contributed by atoms with Crippen LogP contribution in [0.25, 0.3) is 0 Å². The second kappa shape index (κ2) is 11.6. The molecule has 2 bridgehead atoms. The lowest BCUT2D eigenvalue weighted by Crippen LogP contribution is -2.50. The number of nitrogens with zero attached hydrogens (tertiary/aromatic N) is 3. The summed E-state index contributed by atoms with van der Waals surface area (Å²) >= 11 is 0. The fraction of sp³-hybridized carbons (Fsp3) is 0.640. The number of hydrogen-bond acceptors (Lipinski definition) is 7. The van der Waals surface area contributed by atoms with E-state index in [9.17, 15) is 14.9 Å². The fourth-order valence-electron chi connectivity index (χ4n) is 4.68. The van der Waals surface area contributed by atoms with Crippen molar-refractivity contribution < 1.29 is 28.5 Å². The standard InChI is InChI=1S/C25H35N3O6/c1-16-21(32-5)14-28(3)25(30)19-8-6-7-17(13-26)23(19)33-12-11-18-9-10-20(31-4)22(34-18)15-27(2)24(16)29/h6-8,16,18,20-22H,9-12,14-15H2,1-5H3/t16-,18-,20-,21+,22+/m0/s1. The molecule has 0 N–H and O–H groups in total. The van der Waals surface area contributed by atoms with Crippen LogP contribution in [0.5, 0.6) is 5.75 Å². The molecule has 0 spiro atoms. The second-order valence-corrected chi connectivity index (χ2v) is 9.05. The summed E-state index contributed by atoms with van der Waals surface area (Å²) in [6.45, 7) is 2.70. The van der Waals surface area contributed by atoms with Crippen LogP contribution < -0.4 is 4.74 Å². The van der Waals surface area contributed by atoms with Gasteiger partial charge in [0.2, 0.25) is 5.91 Å². The zero-order chi connectivity index (χ0) is 24.8. The van der Waals surface area contributed by atoms with E-state index in [0.29, 0.717) is 30.7 Å². The highest BCUT2D eigenvalue weighted by atomic mass is 16.5. The summed E-state index contributed by atoms with van der Waals surface area (Å²) in [5.74, 6) is -0.601. The molecule has 2 aliphatic heterocycles. The average Bonchev–Trinajstić information content (AvgIpc) is 2.85. The summed E-state index contributed by atoms with van der Waals surface area (Å²) in [5, 5.41) is 9.60. The number of amides is 2. The maximum Gasteiger partial charge on any atom is 0.257 e. The van der Waals surface area contributed by atoms with Gasteiger partial charge in [-0.3, -0.25) is 9.59 Å². The number of rotatable bonds is 2. The maximum atomic E-state index is 13.3. The molecule has 9 heteroatoms. The van der Waals surface area contributed by atoms with Crippen LogP contribution in [0, 0.1) is 17.2 Å². The lowest BCUT2D eigenvalue weighted by atomic mass is 9.97. The number of carbonyl (C=O) groups is 2. The number of ether oxygens (including phenoxy) is 4. The molecule has 0 aliphatic carbocycles. The van der Waals surface area contributed by atoms with E-state index in [1.165, 1.54) is 12.0 Å². The Morgan fingerprint density at radius 1 is 1.03 bits per heavy atom. The maximum absolute atomic E-state index is 13.3. The molecule has 1 aromatic rings. The number of nitriles is 1. The molecule has 2 amide bonds. The topological polar surface area (TPSA) is 101 Å². The molecule has 0 radical (unpaired) electrons. The van der Waals surface area contributed by atoms with E-state index >= 15 is 0 Å². The molecule has 0 aromatic heterocycles. The summed E-state index contributed by atoms with van der Waals surface area (Å²) in [4.78, 5) is 29.7. The largest absolute Gasteiger partial charge is 0.491 e. The van der Waals surface area contributed by atoms with Crippen molar-refractivity contribution in [3.63, 3.8) is 0 Å². The van der Waals surface area contributed by atoms with Gasteiger partial charge in [-0.2, -0.15) is 5.26 Å². The third kappa shape index (κ3) is 5.69. The Kier molecular flexibility index (Phi) is 8.89. The van der Waals surface area contributed by atoms with E-state index in [1.54, 1.807) is 51.2 Å². The SMILES string of the molecule is CO[C@H]1CC[C@H]2CCOc3c(C#N)cccc3C(=O)N(C)C[C@@H](OC)[C@H](C)C(=O)N(C)C[C@H]1O2. The molecule has 2 heterocycles. The van der Waals surface area contributed by atoms with Crippen LogP contribution in [0.15, 0.2) is 18.2 Å². The lowest BCUT2D eigenvalue weighted by Gasteiger charge is -2.38. The molecule has 3 rings (SSSR count). The van der Waals surface area contributed by atoms with Gasteiger partial charge in [0.05, 0.1) is 42.0 Å². The molecular formula is C25H35N3O6. The monoisotopic (exact) mass is 473 g/mol. The Hall–Kier alpha value is -2.67. The number of likely N-dealkylation sites (N-methyl/N-ethyl adjacent to an activating group) is 2. The molecule has 2 aliphatic rings. The summed E-state index contributed by atoms with van der Waals surface area (Å²) in [7, 11) is 6.61. The van der Waals surface area contributed by atoms with E-state index < -0.39 is 12.0 Å². The van der Waals surface area contributed by atoms with E-state index in [0.717, 1.165) is 12.8 Å². The first-order valence-corrected chi connectivity index (χ1v) is 11.7. The summed E-state index contributed by atoms with van der Waals surface area (Å²) in [6, 6.07) is 7.07. The Bertz CT molecular complexity index is 916. The molecule has 1 saturated heterocycles. The van der Waals surface area contributed by atoms with Crippen molar-refractivity contribution >= 4 is 11.8 Å². The third-order valence-electron chi connectivity index (χ3n) is 6.79. The number of carbonyl (C=O) groups excluding carboxylic acids is 2. The highest BCUT2D eigenvalue weighted by Crippen LogP contribution is 2.28. The van der Waals surface area contributed by atoms with Gasteiger partial charge >= 0.3 is 0 Å². The highest BCUT2D eigenvalue weighted by molar-refractivity contribution is 5.97. The number of hydrogen-bond donors (Lipinski definition) is 0. The van der Waals surface area contributed by atoms with Crippen molar-refractivity contribution in [1.82, 2.24) is 9.80 Å². The van der Waals surface area contributed by atoms with Gasteiger partial charge in [-0.15, -0.1) is 0 Å². The van der Waals surface area contributed by atoms with Crippen molar-refractivity contribution in [3.05, 3.63) is 29.3 Å². The minimum Gasteiger partial charge on any atom is -0.491 e. The highest BCUT2D eigenvalue weighted by Gasteiger charge is 2.36. The second-order valence-electron chi connectivity index (χ2n) is 9.05. The molecule has 0 unspecified atom stereocenters. The van der Waals surface area contributed by atoms with E-state index in [4.69, 9.17) is 18.9 Å². The van der Waals surface area contributed by atoms with Crippen molar-refractivity contribution in [1.29, 1.82) is 5.26 Å². The smallest absolute Gasteiger partial charge is 0.257 e. The third-order valence-corrected chi connectivity index (χ3v) is 6.79. The molecular weight excluding hydrogens is 438 g/mol. The Morgan fingerprint density at radius 3 is 2.44 bits per heavy atom. The predicted octanol–water partition coefficient (Wildman–Crippen LogP) is 2.08. The Labute approximate surface area is 201 Å². The van der Waals surface area contributed by atoms with Crippen LogP contribution in [0.2, 0.25) is 0 Å². The van der Waals surface area contributed by atoms with Crippen molar-refractivity contribution in [2.75, 3.05) is 48.0 Å². The van der Waals surface area contributed by atoms with E-state index in [-0.39, 0.29) is 42.4 Å². The minimum absolute atomic E-state index is 0.0759. The molecule has 186 valence electrons.